The molecular weight excluding hydrogens is 351 g/mol. The highest BCUT2D eigenvalue weighted by Crippen LogP contribution is 2.32. The van der Waals surface area contributed by atoms with Gasteiger partial charge in [0.1, 0.15) is 11.9 Å². The van der Waals surface area contributed by atoms with Gasteiger partial charge in [-0.15, -0.1) is 0 Å². The molecule has 8 heteroatoms. The number of pyridine rings is 1. The van der Waals surface area contributed by atoms with Gasteiger partial charge in [0.2, 0.25) is 5.91 Å². The minimum absolute atomic E-state index is 0.194. The van der Waals surface area contributed by atoms with Crippen molar-refractivity contribution in [3.8, 4) is 0 Å². The van der Waals surface area contributed by atoms with Crippen LogP contribution < -0.4 is 15.1 Å². The highest BCUT2D eigenvalue weighted by Gasteiger charge is 2.33. The minimum Gasteiger partial charge on any atom is -0.442 e. The highest BCUT2D eigenvalue weighted by molar-refractivity contribution is 5.90. The SMILES string of the molecule is CC(=O)NC[C@@H]1CN(c2ccc(N3Cc4cccnc4C3)c(F)c2)C(=O)O1. The molecule has 27 heavy (non-hydrogen) atoms. The van der Waals surface area contributed by atoms with Crippen molar-refractivity contribution in [3.05, 3.63) is 53.6 Å². The third kappa shape index (κ3) is 3.42. The normalized spacial score (nSPS) is 18.4. The van der Waals surface area contributed by atoms with Gasteiger partial charge in [-0.1, -0.05) is 6.07 Å². The van der Waals surface area contributed by atoms with Gasteiger partial charge in [-0.3, -0.25) is 14.7 Å². The molecule has 1 saturated heterocycles. The number of nitrogens with zero attached hydrogens (tertiary/aromatic N) is 3. The maximum Gasteiger partial charge on any atom is 0.414 e. The first-order chi connectivity index (χ1) is 13.0. The van der Waals surface area contributed by atoms with Crippen LogP contribution in [0.1, 0.15) is 18.2 Å². The summed E-state index contributed by atoms with van der Waals surface area (Å²) in [5, 5.41) is 2.62. The summed E-state index contributed by atoms with van der Waals surface area (Å²) in [6.07, 6.45) is 0.733. The Labute approximate surface area is 155 Å². The number of amides is 2. The molecule has 0 saturated carbocycles. The molecule has 0 radical (unpaired) electrons. The molecular formula is C19H19FN4O3. The quantitative estimate of drug-likeness (QED) is 0.893. The Morgan fingerprint density at radius 3 is 2.96 bits per heavy atom. The van der Waals surface area contributed by atoms with Gasteiger partial charge in [-0.05, 0) is 29.8 Å². The summed E-state index contributed by atoms with van der Waals surface area (Å²) < 4.78 is 20.0. The Hall–Kier alpha value is -3.16. The molecule has 2 amide bonds. The molecule has 1 aromatic heterocycles. The van der Waals surface area contributed by atoms with Crippen LogP contribution in [0.4, 0.5) is 20.6 Å². The molecule has 3 heterocycles. The average Bonchev–Trinajstić information content (AvgIpc) is 3.23. The number of rotatable bonds is 4. The summed E-state index contributed by atoms with van der Waals surface area (Å²) in [4.78, 5) is 30.7. The number of carbonyl (C=O) groups is 2. The number of anilines is 2. The molecule has 1 N–H and O–H groups in total. The zero-order valence-corrected chi connectivity index (χ0v) is 14.8. The van der Waals surface area contributed by atoms with Gasteiger partial charge < -0.3 is 15.0 Å². The number of cyclic esters (lactones) is 1. The molecule has 1 atom stereocenters. The largest absolute Gasteiger partial charge is 0.442 e. The van der Waals surface area contributed by atoms with E-state index in [1.54, 1.807) is 18.3 Å². The molecule has 7 nitrogen and oxygen atoms in total. The lowest BCUT2D eigenvalue weighted by Crippen LogP contribution is -2.33. The lowest BCUT2D eigenvalue weighted by Gasteiger charge is -2.20. The molecule has 2 aliphatic heterocycles. The topological polar surface area (TPSA) is 74.8 Å². The predicted octanol–water partition coefficient (Wildman–Crippen LogP) is 2.20. The number of halogens is 1. The lowest BCUT2D eigenvalue weighted by molar-refractivity contribution is -0.119. The van der Waals surface area contributed by atoms with E-state index in [9.17, 15) is 14.0 Å². The average molecular weight is 370 g/mol. The van der Waals surface area contributed by atoms with Crippen LogP contribution in [-0.2, 0) is 22.6 Å². The number of ether oxygens (including phenoxy) is 1. The fraction of sp³-hybridized carbons (Fsp3) is 0.316. The van der Waals surface area contributed by atoms with Crippen molar-refractivity contribution < 1.29 is 18.7 Å². The Morgan fingerprint density at radius 1 is 1.37 bits per heavy atom. The number of fused-ring (bicyclic) bond motifs is 1. The summed E-state index contributed by atoms with van der Waals surface area (Å²) in [6.45, 7) is 3.05. The second-order valence-corrected chi connectivity index (χ2v) is 6.65. The summed E-state index contributed by atoms with van der Waals surface area (Å²) in [6, 6.07) is 8.58. The van der Waals surface area contributed by atoms with Gasteiger partial charge in [0, 0.05) is 19.7 Å². The highest BCUT2D eigenvalue weighted by atomic mass is 19.1. The van der Waals surface area contributed by atoms with Crippen LogP contribution in [0.15, 0.2) is 36.5 Å². The fourth-order valence-corrected chi connectivity index (χ4v) is 3.39. The number of nitrogens with one attached hydrogen (secondary N) is 1. The van der Waals surface area contributed by atoms with E-state index < -0.39 is 18.0 Å². The zero-order chi connectivity index (χ0) is 19.0. The number of aromatic nitrogens is 1. The predicted molar refractivity (Wildman–Crippen MR) is 96.8 cm³/mol. The zero-order valence-electron chi connectivity index (χ0n) is 14.8. The van der Waals surface area contributed by atoms with Gasteiger partial charge in [-0.2, -0.15) is 0 Å². The molecule has 0 bridgehead atoms. The van der Waals surface area contributed by atoms with Crippen LogP contribution >= 0.6 is 0 Å². The summed E-state index contributed by atoms with van der Waals surface area (Å²) in [5.74, 6) is -0.598. The van der Waals surface area contributed by atoms with Gasteiger partial charge in [0.15, 0.2) is 0 Å². The molecule has 0 spiro atoms. The Morgan fingerprint density at radius 2 is 2.22 bits per heavy atom. The van der Waals surface area contributed by atoms with E-state index in [-0.39, 0.29) is 19.0 Å². The van der Waals surface area contributed by atoms with Crippen molar-refractivity contribution in [2.45, 2.75) is 26.1 Å². The molecule has 1 aromatic carbocycles. The summed E-state index contributed by atoms with van der Waals surface area (Å²) >= 11 is 0. The fourth-order valence-electron chi connectivity index (χ4n) is 3.39. The third-order valence-corrected chi connectivity index (χ3v) is 4.72. The Kier molecular flexibility index (Phi) is 4.39. The van der Waals surface area contributed by atoms with Crippen LogP contribution in [0.5, 0.6) is 0 Å². The van der Waals surface area contributed by atoms with Crippen LogP contribution in [0, 0.1) is 5.82 Å². The van der Waals surface area contributed by atoms with E-state index >= 15 is 0 Å². The molecule has 2 aromatic rings. The summed E-state index contributed by atoms with van der Waals surface area (Å²) in [7, 11) is 0. The van der Waals surface area contributed by atoms with Crippen molar-refractivity contribution in [3.63, 3.8) is 0 Å². The lowest BCUT2D eigenvalue weighted by atomic mass is 10.2. The monoisotopic (exact) mass is 370 g/mol. The molecule has 4 rings (SSSR count). The van der Waals surface area contributed by atoms with Crippen molar-refractivity contribution in [1.29, 1.82) is 0 Å². The van der Waals surface area contributed by atoms with Gasteiger partial charge >= 0.3 is 6.09 Å². The van der Waals surface area contributed by atoms with E-state index in [0.29, 0.717) is 24.5 Å². The van der Waals surface area contributed by atoms with Crippen LogP contribution in [0.25, 0.3) is 0 Å². The van der Waals surface area contributed by atoms with Crippen LogP contribution in [0.3, 0.4) is 0 Å². The molecule has 0 aliphatic carbocycles. The minimum atomic E-state index is -0.546. The first-order valence-electron chi connectivity index (χ1n) is 8.71. The van der Waals surface area contributed by atoms with Gasteiger partial charge in [-0.25, -0.2) is 9.18 Å². The number of carbonyl (C=O) groups excluding carboxylic acids is 2. The molecule has 1 fully saturated rings. The van der Waals surface area contributed by atoms with Crippen molar-refractivity contribution in [1.82, 2.24) is 10.3 Å². The van der Waals surface area contributed by atoms with Crippen molar-refractivity contribution in [2.24, 2.45) is 0 Å². The van der Waals surface area contributed by atoms with E-state index in [2.05, 4.69) is 10.3 Å². The van der Waals surface area contributed by atoms with Gasteiger partial charge in [0.25, 0.3) is 0 Å². The van der Waals surface area contributed by atoms with Crippen molar-refractivity contribution in [2.75, 3.05) is 22.9 Å². The maximum atomic E-state index is 14.8. The summed E-state index contributed by atoms with van der Waals surface area (Å²) in [5.41, 5.74) is 2.94. The number of benzene rings is 1. The third-order valence-electron chi connectivity index (χ3n) is 4.72. The maximum absolute atomic E-state index is 14.8. The van der Waals surface area contributed by atoms with Crippen LogP contribution in [-0.4, -0.2) is 36.2 Å². The molecule has 0 unspecified atom stereocenters. The molecule has 2 aliphatic rings. The van der Waals surface area contributed by atoms with E-state index in [4.69, 9.17) is 4.74 Å². The van der Waals surface area contributed by atoms with E-state index in [0.717, 1.165) is 11.3 Å². The second-order valence-electron chi connectivity index (χ2n) is 6.65. The van der Waals surface area contributed by atoms with Crippen LogP contribution in [0.2, 0.25) is 0 Å². The number of hydrogen-bond acceptors (Lipinski definition) is 5. The standard InChI is InChI=1S/C19H19FN4O3/c1-12(25)22-8-15-10-24(19(26)27-15)14-4-5-18(16(20)7-14)23-9-13-3-2-6-21-17(13)11-23/h2-7,15H,8-11H2,1H3,(H,22,25)/t15-/m1/s1. The smallest absolute Gasteiger partial charge is 0.414 e. The second kappa shape index (κ2) is 6.86. The first-order valence-corrected chi connectivity index (χ1v) is 8.71. The molecule has 140 valence electrons. The Bertz CT molecular complexity index is 879. The van der Waals surface area contributed by atoms with E-state index in [1.807, 2.05) is 17.0 Å². The van der Waals surface area contributed by atoms with E-state index in [1.165, 1.54) is 17.9 Å². The van der Waals surface area contributed by atoms with Crippen molar-refractivity contribution >= 4 is 23.4 Å². The number of hydrogen-bond donors (Lipinski definition) is 1. The van der Waals surface area contributed by atoms with Gasteiger partial charge in [0.05, 0.1) is 36.7 Å². The Balaban J connectivity index is 1.48. The first kappa shape index (κ1) is 17.3.